The highest BCUT2D eigenvalue weighted by Crippen LogP contribution is 2.29. The Labute approximate surface area is 138 Å². The summed E-state index contributed by atoms with van der Waals surface area (Å²) in [6.45, 7) is 9.78. The molecule has 1 aromatic rings. The minimum atomic E-state index is -0.915. The van der Waals surface area contributed by atoms with Gasteiger partial charge in [-0.1, -0.05) is 12.1 Å². The molecule has 6 nitrogen and oxygen atoms in total. The van der Waals surface area contributed by atoms with Crippen molar-refractivity contribution in [1.29, 1.82) is 0 Å². The first-order valence-corrected chi connectivity index (χ1v) is 7.76. The Morgan fingerprint density at radius 1 is 1.17 bits per heavy atom. The Kier molecular flexibility index (Phi) is 7.50. The molecule has 1 aromatic carbocycles. The lowest BCUT2D eigenvalue weighted by Gasteiger charge is -2.37. The van der Waals surface area contributed by atoms with Crippen LogP contribution in [0.25, 0.3) is 0 Å². The lowest BCUT2D eigenvalue weighted by Crippen LogP contribution is -2.49. The zero-order chi connectivity index (χ0) is 17.5. The molecule has 0 saturated carbocycles. The van der Waals surface area contributed by atoms with Crippen molar-refractivity contribution in [3.8, 4) is 5.75 Å². The summed E-state index contributed by atoms with van der Waals surface area (Å²) in [6.07, 6.45) is 0.111. The van der Waals surface area contributed by atoms with E-state index in [4.69, 9.17) is 19.5 Å². The molecule has 1 heterocycles. The summed E-state index contributed by atoms with van der Waals surface area (Å²) in [6, 6.07) is 7.91. The van der Waals surface area contributed by atoms with E-state index in [0.717, 1.165) is 31.0 Å². The lowest BCUT2D eigenvalue weighted by molar-refractivity contribution is -0.0906. The van der Waals surface area contributed by atoms with E-state index < -0.39 is 18.9 Å². The van der Waals surface area contributed by atoms with Gasteiger partial charge in [-0.25, -0.2) is 0 Å². The molecule has 1 aliphatic rings. The van der Waals surface area contributed by atoms with Gasteiger partial charge in [0.1, 0.15) is 11.4 Å². The normalized spacial score (nSPS) is 18.7. The Bertz CT molecular complexity index is 453. The summed E-state index contributed by atoms with van der Waals surface area (Å²) in [5.74, 6) is 0.754. The molecule has 0 amide bonds. The fourth-order valence-corrected chi connectivity index (χ4v) is 1.95. The van der Waals surface area contributed by atoms with Gasteiger partial charge in [-0.2, -0.15) is 0 Å². The fourth-order valence-electron chi connectivity index (χ4n) is 1.95. The summed E-state index contributed by atoms with van der Waals surface area (Å²) in [5, 5.41) is 27.7. The second-order valence-corrected chi connectivity index (χ2v) is 6.45. The van der Waals surface area contributed by atoms with Crippen LogP contribution < -0.4 is 10.1 Å². The van der Waals surface area contributed by atoms with Crippen molar-refractivity contribution in [2.75, 3.05) is 19.7 Å². The van der Waals surface area contributed by atoms with Crippen LogP contribution >= 0.6 is 0 Å². The van der Waals surface area contributed by atoms with Crippen molar-refractivity contribution in [1.82, 2.24) is 5.32 Å². The molecule has 130 valence electrons. The largest absolute Gasteiger partial charge is 0.485 e. The zero-order valence-corrected chi connectivity index (χ0v) is 14.4. The smallest absolute Gasteiger partial charge is 0.432 e. The third-order valence-electron chi connectivity index (χ3n) is 4.03. The Morgan fingerprint density at radius 3 is 2.17 bits per heavy atom. The monoisotopic (exact) mass is 325 g/mol. The van der Waals surface area contributed by atoms with Crippen LogP contribution in [0.5, 0.6) is 5.75 Å². The third kappa shape index (κ3) is 6.12. The van der Waals surface area contributed by atoms with Crippen molar-refractivity contribution >= 4 is 7.69 Å². The van der Waals surface area contributed by atoms with E-state index in [1.165, 1.54) is 0 Å². The molecule has 2 rings (SSSR count). The molecular formula is C16H28BNO5. The Balaban J connectivity index is 0.000000816. The molecule has 0 spiro atoms. The SMILES string of the molecule is CC(C)(O)C(C)(C)Oc1ccc(C2CNCCO2)cc1.OBO. The fraction of sp³-hybridized carbons (Fsp3) is 0.625. The van der Waals surface area contributed by atoms with E-state index in [1.807, 2.05) is 38.1 Å². The highest BCUT2D eigenvalue weighted by molar-refractivity contribution is 6.13. The van der Waals surface area contributed by atoms with Gasteiger partial charge in [0.25, 0.3) is 0 Å². The van der Waals surface area contributed by atoms with Gasteiger partial charge in [0, 0.05) is 13.1 Å². The molecular weight excluding hydrogens is 297 g/mol. The van der Waals surface area contributed by atoms with Crippen molar-refractivity contribution in [2.45, 2.75) is 45.0 Å². The molecule has 0 aliphatic carbocycles. The molecule has 0 bridgehead atoms. The first-order chi connectivity index (χ1) is 10.7. The minimum Gasteiger partial charge on any atom is -0.485 e. The van der Waals surface area contributed by atoms with E-state index >= 15 is 0 Å². The average Bonchev–Trinajstić information content (AvgIpc) is 2.48. The van der Waals surface area contributed by atoms with E-state index in [9.17, 15) is 5.11 Å². The maximum Gasteiger partial charge on any atom is 0.432 e. The molecule has 7 heteroatoms. The maximum absolute atomic E-state index is 10.1. The van der Waals surface area contributed by atoms with E-state index in [0.29, 0.717) is 0 Å². The number of nitrogens with one attached hydrogen (secondary N) is 1. The zero-order valence-electron chi connectivity index (χ0n) is 14.4. The number of aliphatic hydroxyl groups is 1. The second kappa shape index (κ2) is 8.66. The van der Waals surface area contributed by atoms with Crippen LogP contribution in [-0.4, -0.2) is 53.7 Å². The van der Waals surface area contributed by atoms with E-state index in [2.05, 4.69) is 5.32 Å². The predicted molar refractivity (Wildman–Crippen MR) is 90.6 cm³/mol. The molecule has 1 fully saturated rings. The highest BCUT2D eigenvalue weighted by Gasteiger charge is 2.37. The predicted octanol–water partition coefficient (Wildman–Crippen LogP) is 0.513. The Morgan fingerprint density at radius 2 is 1.74 bits per heavy atom. The number of hydrogen-bond donors (Lipinski definition) is 4. The first-order valence-electron chi connectivity index (χ1n) is 7.76. The second-order valence-electron chi connectivity index (χ2n) is 6.45. The molecule has 0 radical (unpaired) electrons. The summed E-state index contributed by atoms with van der Waals surface area (Å²) >= 11 is 0. The molecule has 0 aromatic heterocycles. The number of hydrogen-bond acceptors (Lipinski definition) is 6. The van der Waals surface area contributed by atoms with Crippen molar-refractivity contribution in [3.05, 3.63) is 29.8 Å². The van der Waals surface area contributed by atoms with Crippen molar-refractivity contribution in [3.63, 3.8) is 0 Å². The topological polar surface area (TPSA) is 91.2 Å². The van der Waals surface area contributed by atoms with Gasteiger partial charge in [0.15, 0.2) is 0 Å². The average molecular weight is 325 g/mol. The third-order valence-corrected chi connectivity index (χ3v) is 4.03. The van der Waals surface area contributed by atoms with Crippen LogP contribution in [0.15, 0.2) is 24.3 Å². The van der Waals surface area contributed by atoms with Gasteiger partial charge in [-0.05, 0) is 45.4 Å². The van der Waals surface area contributed by atoms with Crippen LogP contribution in [0.4, 0.5) is 0 Å². The Hall–Kier alpha value is -1.12. The summed E-state index contributed by atoms with van der Waals surface area (Å²) in [7, 11) is -0.750. The summed E-state index contributed by atoms with van der Waals surface area (Å²) in [4.78, 5) is 0. The number of morpholine rings is 1. The van der Waals surface area contributed by atoms with Gasteiger partial charge in [-0.15, -0.1) is 0 Å². The maximum atomic E-state index is 10.1. The van der Waals surface area contributed by atoms with Crippen LogP contribution in [0.3, 0.4) is 0 Å². The molecule has 1 aliphatic heterocycles. The number of ether oxygens (including phenoxy) is 2. The molecule has 1 unspecified atom stereocenters. The van der Waals surface area contributed by atoms with Crippen LogP contribution in [0, 0.1) is 0 Å². The lowest BCUT2D eigenvalue weighted by atomic mass is 9.89. The van der Waals surface area contributed by atoms with Gasteiger partial charge >= 0.3 is 7.69 Å². The number of rotatable bonds is 4. The summed E-state index contributed by atoms with van der Waals surface area (Å²) in [5.41, 5.74) is -0.426. The molecule has 23 heavy (non-hydrogen) atoms. The van der Waals surface area contributed by atoms with E-state index in [1.54, 1.807) is 13.8 Å². The van der Waals surface area contributed by atoms with Gasteiger partial charge in [0.05, 0.1) is 18.3 Å². The van der Waals surface area contributed by atoms with Crippen LogP contribution in [0.2, 0.25) is 0 Å². The van der Waals surface area contributed by atoms with Crippen LogP contribution in [0.1, 0.15) is 39.4 Å². The van der Waals surface area contributed by atoms with Crippen molar-refractivity contribution < 1.29 is 24.6 Å². The summed E-state index contributed by atoms with van der Waals surface area (Å²) < 4.78 is 11.6. The standard InChI is InChI=1S/C16H25NO3.BH3O2/c1-15(2,18)16(3,4)20-13-7-5-12(6-8-13)14-11-17-9-10-19-14;2-1-3/h5-8,14,17-18H,9-11H2,1-4H3;1-3H. The molecule has 1 saturated heterocycles. The van der Waals surface area contributed by atoms with Crippen molar-refractivity contribution in [2.24, 2.45) is 0 Å². The quantitative estimate of drug-likeness (QED) is 0.603. The van der Waals surface area contributed by atoms with Gasteiger partial charge in [-0.3, -0.25) is 0 Å². The molecule has 1 atom stereocenters. The van der Waals surface area contributed by atoms with Gasteiger partial charge in [0.2, 0.25) is 0 Å². The number of benzene rings is 1. The first kappa shape index (κ1) is 19.9. The highest BCUT2D eigenvalue weighted by atomic mass is 16.5. The van der Waals surface area contributed by atoms with E-state index in [-0.39, 0.29) is 6.10 Å². The minimum absolute atomic E-state index is 0.111. The van der Waals surface area contributed by atoms with Gasteiger partial charge < -0.3 is 29.9 Å². The molecule has 4 N–H and O–H groups in total. The van der Waals surface area contributed by atoms with Crippen LogP contribution in [-0.2, 0) is 4.74 Å².